The monoisotopic (exact) mass is 414 g/mol. The topological polar surface area (TPSA) is 51.2 Å². The van der Waals surface area contributed by atoms with Crippen LogP contribution in [0.4, 0.5) is 4.39 Å². The Morgan fingerprint density at radius 3 is 2.68 bits per heavy atom. The summed E-state index contributed by atoms with van der Waals surface area (Å²) in [6.45, 7) is -0.143. The van der Waals surface area contributed by atoms with Crippen molar-refractivity contribution in [1.82, 2.24) is 10.3 Å². The molecule has 0 aliphatic rings. The zero-order valence-corrected chi connectivity index (χ0v) is 17.3. The maximum atomic E-state index is 12.8. The summed E-state index contributed by atoms with van der Waals surface area (Å²) < 4.78 is 18.2. The van der Waals surface area contributed by atoms with Gasteiger partial charge in [-0.1, -0.05) is 48.5 Å². The molecule has 0 radical (unpaired) electrons. The Balaban J connectivity index is 1.55. The molecule has 0 unspecified atom stereocenters. The highest BCUT2D eigenvalue weighted by atomic mass is 19.1. The standard InChI is InChI=1S/C26H23FN2O2/c1-31-22-7-3-6-20(14-22)23-9-8-21(25-17-28-11-10-24(23)25)16-29-26(30)13-18-4-2-5-19(12-18)15-27/h2-12,14,17H,13,15-16H2,1H3,(H,29,30). The average Bonchev–Trinajstić information content (AvgIpc) is 2.82. The summed E-state index contributed by atoms with van der Waals surface area (Å²) in [5.41, 5.74) is 4.50. The Hall–Kier alpha value is -3.73. The number of methoxy groups -OCH3 is 1. The molecule has 0 atom stereocenters. The summed E-state index contributed by atoms with van der Waals surface area (Å²) in [5.74, 6) is 0.692. The van der Waals surface area contributed by atoms with E-state index in [4.69, 9.17) is 4.74 Å². The van der Waals surface area contributed by atoms with E-state index >= 15 is 0 Å². The molecule has 0 aliphatic carbocycles. The number of aromatic nitrogens is 1. The molecule has 4 rings (SSSR count). The van der Waals surface area contributed by atoms with E-state index < -0.39 is 6.67 Å². The van der Waals surface area contributed by atoms with Crippen LogP contribution in [-0.4, -0.2) is 18.0 Å². The van der Waals surface area contributed by atoms with Gasteiger partial charge in [-0.2, -0.15) is 0 Å². The minimum Gasteiger partial charge on any atom is -0.497 e. The van der Waals surface area contributed by atoms with Crippen molar-refractivity contribution in [3.05, 3.63) is 95.8 Å². The molecule has 1 aromatic heterocycles. The van der Waals surface area contributed by atoms with Crippen molar-refractivity contribution in [2.45, 2.75) is 19.6 Å². The number of alkyl halides is 1. The van der Waals surface area contributed by atoms with Gasteiger partial charge in [-0.05, 0) is 51.4 Å². The average molecular weight is 414 g/mol. The number of rotatable bonds is 7. The third-order valence-corrected chi connectivity index (χ3v) is 5.28. The van der Waals surface area contributed by atoms with Crippen LogP contribution in [-0.2, 0) is 24.4 Å². The van der Waals surface area contributed by atoms with E-state index in [1.807, 2.05) is 48.7 Å². The molecule has 0 saturated carbocycles. The minimum absolute atomic E-state index is 0.107. The first-order valence-corrected chi connectivity index (χ1v) is 10.1. The first kappa shape index (κ1) is 20.5. The second-order valence-electron chi connectivity index (χ2n) is 7.33. The van der Waals surface area contributed by atoms with Gasteiger partial charge in [-0.15, -0.1) is 0 Å². The first-order valence-electron chi connectivity index (χ1n) is 10.1. The highest BCUT2D eigenvalue weighted by Gasteiger charge is 2.10. The fraction of sp³-hybridized carbons (Fsp3) is 0.154. The summed E-state index contributed by atoms with van der Waals surface area (Å²) in [6.07, 6.45) is 3.81. The van der Waals surface area contributed by atoms with Gasteiger partial charge in [-0.25, -0.2) is 4.39 Å². The van der Waals surface area contributed by atoms with Gasteiger partial charge in [0.1, 0.15) is 12.4 Å². The van der Waals surface area contributed by atoms with E-state index in [2.05, 4.69) is 16.4 Å². The Bertz CT molecular complexity index is 1220. The van der Waals surface area contributed by atoms with Crippen molar-refractivity contribution in [1.29, 1.82) is 0 Å². The van der Waals surface area contributed by atoms with Gasteiger partial charge in [0.15, 0.2) is 0 Å². The second kappa shape index (κ2) is 9.39. The molecule has 0 spiro atoms. The predicted octanol–water partition coefficient (Wildman–Crippen LogP) is 5.24. The number of hydrogen-bond acceptors (Lipinski definition) is 3. The number of halogens is 1. The normalized spacial score (nSPS) is 10.8. The molecule has 4 nitrogen and oxygen atoms in total. The van der Waals surface area contributed by atoms with E-state index in [0.29, 0.717) is 12.1 Å². The summed E-state index contributed by atoms with van der Waals surface area (Å²) in [6, 6.07) is 21.0. The highest BCUT2D eigenvalue weighted by Crippen LogP contribution is 2.32. The number of ether oxygens (including phenoxy) is 1. The lowest BCUT2D eigenvalue weighted by Gasteiger charge is -2.13. The summed E-state index contributed by atoms with van der Waals surface area (Å²) in [7, 11) is 1.65. The van der Waals surface area contributed by atoms with Crippen molar-refractivity contribution in [2.24, 2.45) is 0 Å². The lowest BCUT2D eigenvalue weighted by Crippen LogP contribution is -2.24. The Kier molecular flexibility index (Phi) is 6.22. The smallest absolute Gasteiger partial charge is 0.224 e. The van der Waals surface area contributed by atoms with Gasteiger partial charge in [-0.3, -0.25) is 9.78 Å². The number of amides is 1. The van der Waals surface area contributed by atoms with E-state index in [-0.39, 0.29) is 12.3 Å². The first-order chi connectivity index (χ1) is 15.2. The largest absolute Gasteiger partial charge is 0.497 e. The summed E-state index contributed by atoms with van der Waals surface area (Å²) >= 11 is 0. The van der Waals surface area contributed by atoms with Crippen molar-refractivity contribution in [3.63, 3.8) is 0 Å². The van der Waals surface area contributed by atoms with Crippen LogP contribution in [0.1, 0.15) is 16.7 Å². The van der Waals surface area contributed by atoms with Crippen molar-refractivity contribution in [2.75, 3.05) is 7.11 Å². The molecule has 1 amide bonds. The van der Waals surface area contributed by atoms with Crippen molar-refractivity contribution in [3.8, 4) is 16.9 Å². The van der Waals surface area contributed by atoms with Crippen molar-refractivity contribution >= 4 is 16.7 Å². The van der Waals surface area contributed by atoms with Crippen LogP contribution in [0.25, 0.3) is 21.9 Å². The number of hydrogen-bond donors (Lipinski definition) is 1. The summed E-state index contributed by atoms with van der Waals surface area (Å²) in [5, 5.41) is 5.02. The molecule has 1 N–H and O–H groups in total. The van der Waals surface area contributed by atoms with Crippen LogP contribution >= 0.6 is 0 Å². The lowest BCUT2D eigenvalue weighted by molar-refractivity contribution is -0.120. The van der Waals surface area contributed by atoms with Gasteiger partial charge in [0.05, 0.1) is 13.5 Å². The van der Waals surface area contributed by atoms with E-state index in [9.17, 15) is 9.18 Å². The quantitative estimate of drug-likeness (QED) is 0.450. The molecule has 0 aliphatic heterocycles. The van der Waals surface area contributed by atoms with E-state index in [0.717, 1.165) is 38.8 Å². The molecule has 1 heterocycles. The van der Waals surface area contributed by atoms with Crippen LogP contribution < -0.4 is 10.1 Å². The third kappa shape index (κ3) is 4.72. The van der Waals surface area contributed by atoms with Crippen LogP contribution in [0.2, 0.25) is 0 Å². The molecule has 31 heavy (non-hydrogen) atoms. The van der Waals surface area contributed by atoms with Crippen LogP contribution in [0.15, 0.2) is 79.1 Å². The molecule has 0 bridgehead atoms. The molecular formula is C26H23FN2O2. The number of fused-ring (bicyclic) bond motifs is 1. The molecule has 3 aromatic carbocycles. The molecule has 0 fully saturated rings. The molecule has 156 valence electrons. The lowest BCUT2D eigenvalue weighted by atomic mass is 9.96. The summed E-state index contributed by atoms with van der Waals surface area (Å²) in [4.78, 5) is 16.7. The Labute approximate surface area is 180 Å². The zero-order chi connectivity index (χ0) is 21.6. The van der Waals surface area contributed by atoms with E-state index in [1.54, 1.807) is 31.5 Å². The minimum atomic E-state index is -0.534. The van der Waals surface area contributed by atoms with Gasteiger partial charge < -0.3 is 10.1 Å². The number of pyridine rings is 1. The van der Waals surface area contributed by atoms with Crippen molar-refractivity contribution < 1.29 is 13.9 Å². The molecular weight excluding hydrogens is 391 g/mol. The Morgan fingerprint density at radius 2 is 1.84 bits per heavy atom. The Morgan fingerprint density at radius 1 is 1.00 bits per heavy atom. The van der Waals surface area contributed by atoms with Crippen LogP contribution in [0.3, 0.4) is 0 Å². The SMILES string of the molecule is COc1cccc(-c2ccc(CNC(=O)Cc3cccc(CF)c3)c3cnccc23)c1. The number of carbonyl (C=O) groups excluding carboxylic acids is 1. The van der Waals surface area contributed by atoms with Crippen LogP contribution in [0.5, 0.6) is 5.75 Å². The molecule has 4 aromatic rings. The number of benzene rings is 3. The number of carbonyl (C=O) groups is 1. The number of nitrogens with one attached hydrogen (secondary N) is 1. The number of nitrogens with zero attached hydrogens (tertiary/aromatic N) is 1. The van der Waals surface area contributed by atoms with Gasteiger partial charge in [0.25, 0.3) is 0 Å². The zero-order valence-electron chi connectivity index (χ0n) is 17.3. The fourth-order valence-electron chi connectivity index (χ4n) is 3.71. The predicted molar refractivity (Wildman–Crippen MR) is 121 cm³/mol. The second-order valence-corrected chi connectivity index (χ2v) is 7.33. The fourth-order valence-corrected chi connectivity index (χ4v) is 3.71. The van der Waals surface area contributed by atoms with Gasteiger partial charge in [0, 0.05) is 24.3 Å². The van der Waals surface area contributed by atoms with Crippen LogP contribution in [0, 0.1) is 0 Å². The maximum absolute atomic E-state index is 12.8. The molecule has 5 heteroatoms. The highest BCUT2D eigenvalue weighted by molar-refractivity contribution is 5.98. The third-order valence-electron chi connectivity index (χ3n) is 5.28. The van der Waals surface area contributed by atoms with Gasteiger partial charge in [0.2, 0.25) is 5.91 Å². The van der Waals surface area contributed by atoms with Gasteiger partial charge >= 0.3 is 0 Å². The van der Waals surface area contributed by atoms with E-state index in [1.165, 1.54) is 0 Å². The maximum Gasteiger partial charge on any atom is 0.224 e. The molecule has 0 saturated heterocycles.